The Morgan fingerprint density at radius 1 is 1.06 bits per heavy atom. The number of nitrogens with two attached hydrogens (primary N) is 1. The Hall–Kier alpha value is -3.59. The van der Waals surface area contributed by atoms with E-state index in [4.69, 9.17) is 15.2 Å². The summed E-state index contributed by atoms with van der Waals surface area (Å²) < 4.78 is 13.5. The van der Waals surface area contributed by atoms with Crippen molar-refractivity contribution in [3.63, 3.8) is 0 Å². The number of carbonyl (C=O) groups is 2. The predicted molar refractivity (Wildman–Crippen MR) is 125 cm³/mol. The highest BCUT2D eigenvalue weighted by Crippen LogP contribution is 2.30. The number of rotatable bonds is 8. The number of amides is 2. The quantitative estimate of drug-likeness (QED) is 0.528. The van der Waals surface area contributed by atoms with Crippen molar-refractivity contribution in [3.8, 4) is 17.2 Å². The van der Waals surface area contributed by atoms with Crippen LogP contribution in [0.5, 0.6) is 17.2 Å². The molecule has 1 saturated heterocycles. The average Bonchev–Trinajstić information content (AvgIpc) is 3.17. The number of hydrogen-bond donors (Lipinski definition) is 1. The molecule has 4 rings (SSSR count). The van der Waals surface area contributed by atoms with Crippen LogP contribution in [0.4, 0.5) is 0 Å². The van der Waals surface area contributed by atoms with Crippen LogP contribution >= 0.6 is 0 Å². The van der Waals surface area contributed by atoms with E-state index in [9.17, 15) is 9.59 Å². The van der Waals surface area contributed by atoms with Crippen LogP contribution < -0.4 is 15.2 Å². The average molecular weight is 452 g/mol. The molecule has 1 aliphatic heterocycles. The summed E-state index contributed by atoms with van der Waals surface area (Å²) in [5, 5.41) is 5.03. The van der Waals surface area contributed by atoms with Gasteiger partial charge in [-0.15, -0.1) is 0 Å². The van der Waals surface area contributed by atoms with Gasteiger partial charge in [-0.25, -0.2) is 0 Å². The minimum absolute atomic E-state index is 0.147. The summed E-state index contributed by atoms with van der Waals surface area (Å²) in [5.74, 6) is 1.31. The zero-order valence-corrected chi connectivity index (χ0v) is 19.0. The smallest absolute Gasteiger partial charge is 0.252 e. The highest BCUT2D eigenvalue weighted by atomic mass is 16.5. The molecule has 1 aromatic heterocycles. The molecule has 1 fully saturated rings. The van der Waals surface area contributed by atoms with Crippen molar-refractivity contribution in [1.29, 1.82) is 0 Å². The normalized spacial score (nSPS) is 14.4. The van der Waals surface area contributed by atoms with Crippen molar-refractivity contribution >= 4 is 22.7 Å². The van der Waals surface area contributed by atoms with Crippen molar-refractivity contribution in [1.82, 2.24) is 19.6 Å². The second-order valence-electron chi connectivity index (χ2n) is 8.16. The van der Waals surface area contributed by atoms with Crippen molar-refractivity contribution in [3.05, 3.63) is 48.2 Å². The van der Waals surface area contributed by atoms with Gasteiger partial charge in [-0.1, -0.05) is 0 Å². The molecule has 9 heteroatoms. The highest BCUT2D eigenvalue weighted by molar-refractivity contribution is 6.00. The fourth-order valence-electron chi connectivity index (χ4n) is 3.95. The van der Waals surface area contributed by atoms with Gasteiger partial charge in [0.2, 0.25) is 5.91 Å². The molecule has 2 heterocycles. The molecule has 0 bridgehead atoms. The van der Waals surface area contributed by atoms with E-state index in [0.29, 0.717) is 23.7 Å². The summed E-state index contributed by atoms with van der Waals surface area (Å²) in [6.45, 7) is 6.57. The maximum absolute atomic E-state index is 11.9. The molecule has 0 radical (unpaired) electrons. The third kappa shape index (κ3) is 5.43. The number of carbonyl (C=O) groups excluding carboxylic acids is 2. The molecule has 9 nitrogen and oxygen atoms in total. The minimum Gasteiger partial charge on any atom is -0.494 e. The molecule has 0 unspecified atom stereocenters. The number of piperazine rings is 1. The largest absolute Gasteiger partial charge is 0.494 e. The Labute approximate surface area is 192 Å². The standard InChI is InChI=1S/C24H29N5O4/c1-17(30)29-11-9-28(10-12-29)8-3-13-32-19-4-6-20(7-5-19)33-23-15-22-18(16-26-27(22)2)14-21(23)24(25)31/h4-7,14-16H,3,8-13H2,1-2H3,(H2,25,31). The number of benzene rings is 2. The first-order valence-electron chi connectivity index (χ1n) is 11.0. The van der Waals surface area contributed by atoms with Crippen LogP contribution in [0.1, 0.15) is 23.7 Å². The van der Waals surface area contributed by atoms with E-state index in [2.05, 4.69) is 10.00 Å². The Kier molecular flexibility index (Phi) is 6.79. The SMILES string of the molecule is CC(=O)N1CCN(CCCOc2ccc(Oc3cc4c(cnn4C)cc3C(N)=O)cc2)CC1. The molecular formula is C24H29N5O4. The number of fused-ring (bicyclic) bond motifs is 1. The molecular weight excluding hydrogens is 422 g/mol. The lowest BCUT2D eigenvalue weighted by molar-refractivity contribution is -0.130. The van der Waals surface area contributed by atoms with Gasteiger partial charge in [0.25, 0.3) is 5.91 Å². The molecule has 2 N–H and O–H groups in total. The number of hydrogen-bond acceptors (Lipinski definition) is 6. The van der Waals surface area contributed by atoms with E-state index in [-0.39, 0.29) is 5.91 Å². The third-order valence-electron chi connectivity index (χ3n) is 5.87. The zero-order valence-electron chi connectivity index (χ0n) is 19.0. The number of aromatic nitrogens is 2. The van der Waals surface area contributed by atoms with Gasteiger partial charge in [0.1, 0.15) is 17.2 Å². The summed E-state index contributed by atoms with van der Waals surface area (Å²) in [5.41, 5.74) is 6.70. The Morgan fingerprint density at radius 3 is 2.42 bits per heavy atom. The summed E-state index contributed by atoms with van der Waals surface area (Å²) in [6, 6.07) is 10.7. The second kappa shape index (κ2) is 9.91. The summed E-state index contributed by atoms with van der Waals surface area (Å²) in [4.78, 5) is 27.5. The fraction of sp³-hybridized carbons (Fsp3) is 0.375. The minimum atomic E-state index is -0.557. The van der Waals surface area contributed by atoms with E-state index in [1.807, 2.05) is 24.1 Å². The van der Waals surface area contributed by atoms with Gasteiger partial charge in [0.05, 0.1) is 23.9 Å². The van der Waals surface area contributed by atoms with E-state index in [1.54, 1.807) is 42.1 Å². The molecule has 3 aromatic rings. The number of primary amides is 1. The van der Waals surface area contributed by atoms with Crippen LogP contribution in [0.25, 0.3) is 10.9 Å². The Balaban J connectivity index is 1.29. The molecule has 2 amide bonds. The lowest BCUT2D eigenvalue weighted by Crippen LogP contribution is -2.48. The summed E-state index contributed by atoms with van der Waals surface area (Å²) >= 11 is 0. The zero-order chi connectivity index (χ0) is 23.4. The number of ether oxygens (including phenoxy) is 2. The first-order chi connectivity index (χ1) is 15.9. The van der Waals surface area contributed by atoms with Crippen LogP contribution in [0.3, 0.4) is 0 Å². The number of aryl methyl sites for hydroxylation is 1. The maximum atomic E-state index is 11.9. The van der Waals surface area contributed by atoms with Gasteiger partial charge in [0.15, 0.2) is 0 Å². The van der Waals surface area contributed by atoms with Crippen LogP contribution in [-0.2, 0) is 11.8 Å². The second-order valence-corrected chi connectivity index (χ2v) is 8.16. The molecule has 0 atom stereocenters. The van der Waals surface area contributed by atoms with Crippen LogP contribution in [-0.4, -0.2) is 70.7 Å². The third-order valence-corrected chi connectivity index (χ3v) is 5.87. The highest BCUT2D eigenvalue weighted by Gasteiger charge is 2.18. The van der Waals surface area contributed by atoms with Gasteiger partial charge in [-0.2, -0.15) is 5.10 Å². The lowest BCUT2D eigenvalue weighted by atomic mass is 10.1. The molecule has 33 heavy (non-hydrogen) atoms. The molecule has 174 valence electrons. The summed E-state index contributed by atoms with van der Waals surface area (Å²) in [7, 11) is 1.83. The lowest BCUT2D eigenvalue weighted by Gasteiger charge is -2.34. The van der Waals surface area contributed by atoms with E-state index < -0.39 is 5.91 Å². The fourth-order valence-corrected chi connectivity index (χ4v) is 3.95. The van der Waals surface area contributed by atoms with Gasteiger partial charge < -0.3 is 20.1 Å². The first kappa shape index (κ1) is 22.6. The van der Waals surface area contributed by atoms with Gasteiger partial charge in [0, 0.05) is 58.1 Å². The molecule has 0 aliphatic carbocycles. The molecule has 1 aliphatic rings. The van der Waals surface area contributed by atoms with Gasteiger partial charge >= 0.3 is 0 Å². The van der Waals surface area contributed by atoms with E-state index >= 15 is 0 Å². The summed E-state index contributed by atoms with van der Waals surface area (Å²) in [6.07, 6.45) is 2.59. The Bertz CT molecular complexity index is 1130. The van der Waals surface area contributed by atoms with E-state index in [1.165, 1.54) is 0 Å². The van der Waals surface area contributed by atoms with Crippen LogP contribution in [0.2, 0.25) is 0 Å². The van der Waals surface area contributed by atoms with E-state index in [0.717, 1.165) is 55.8 Å². The molecule has 0 spiro atoms. The van der Waals surface area contributed by atoms with Crippen molar-refractivity contribution in [2.75, 3.05) is 39.3 Å². The van der Waals surface area contributed by atoms with Crippen molar-refractivity contribution in [2.24, 2.45) is 12.8 Å². The van der Waals surface area contributed by atoms with Gasteiger partial charge in [-0.3, -0.25) is 19.2 Å². The molecule has 0 saturated carbocycles. The van der Waals surface area contributed by atoms with Crippen LogP contribution in [0.15, 0.2) is 42.6 Å². The maximum Gasteiger partial charge on any atom is 0.252 e. The number of nitrogens with zero attached hydrogens (tertiary/aromatic N) is 4. The Morgan fingerprint density at radius 2 is 1.76 bits per heavy atom. The van der Waals surface area contributed by atoms with Crippen molar-refractivity contribution < 1.29 is 19.1 Å². The van der Waals surface area contributed by atoms with Crippen molar-refractivity contribution in [2.45, 2.75) is 13.3 Å². The topological polar surface area (TPSA) is 103 Å². The van der Waals surface area contributed by atoms with Crippen LogP contribution in [0, 0.1) is 0 Å². The molecule has 2 aromatic carbocycles. The monoisotopic (exact) mass is 451 g/mol. The van der Waals surface area contributed by atoms with Gasteiger partial charge in [-0.05, 0) is 36.8 Å². The first-order valence-corrected chi connectivity index (χ1v) is 11.0. The predicted octanol–water partition coefficient (Wildman–Crippen LogP) is 2.40.